The summed E-state index contributed by atoms with van der Waals surface area (Å²) in [5, 5.41) is 28.4. The van der Waals surface area contributed by atoms with E-state index in [4.69, 9.17) is 30.7 Å². The number of esters is 1. The number of carbonyl (C=O) groups is 1. The van der Waals surface area contributed by atoms with E-state index in [2.05, 4.69) is 21.1 Å². The predicted octanol–water partition coefficient (Wildman–Crippen LogP) is 0.903. The molecule has 1 aromatic carbocycles. The van der Waals surface area contributed by atoms with Gasteiger partial charge in [0.2, 0.25) is 5.95 Å². The molecule has 40 heavy (non-hydrogen) atoms. The highest BCUT2D eigenvalue weighted by molar-refractivity contribution is 7.52. The molecule has 0 spiro atoms. The van der Waals surface area contributed by atoms with Crippen LogP contribution in [0.3, 0.4) is 0 Å². The molecule has 6 N–H and O–H groups in total. The van der Waals surface area contributed by atoms with Gasteiger partial charge in [0.15, 0.2) is 5.60 Å². The molecule has 0 amide bonds. The lowest BCUT2D eigenvalue weighted by molar-refractivity contribution is -0.149. The standard InChI is InChI=1S/C25H30N5O9P/c1-5-25(21(32)19(31)20(38-25)17-11-12-18-22(33)27-24(26)28-30(17)18)13-36-40(35,39-16-9-7-6-8-10-16)29-15(4)23(34)37-14(2)3/h1,6-12,14-15,19-21,31-32H,13H2,2-4H3,(H,29,35)(H3,26,27,28,33)/t15-,19+,20-,21?,25+,40-/m0/s1. The Labute approximate surface area is 229 Å². The van der Waals surface area contributed by atoms with Crippen LogP contribution in [-0.4, -0.2) is 67.3 Å². The van der Waals surface area contributed by atoms with Crippen LogP contribution in [0.4, 0.5) is 5.95 Å². The number of fused-ring (bicyclic) bond motifs is 1. The number of nitrogen functional groups attached to an aromatic ring is 1. The molecule has 0 saturated carbocycles. The van der Waals surface area contributed by atoms with Crippen molar-refractivity contribution in [3.63, 3.8) is 0 Å². The second-order valence-corrected chi connectivity index (χ2v) is 11.1. The number of nitrogens with zero attached hydrogens (tertiary/aromatic N) is 2. The van der Waals surface area contributed by atoms with E-state index in [-0.39, 0.29) is 22.9 Å². The van der Waals surface area contributed by atoms with E-state index in [0.29, 0.717) is 0 Å². The summed E-state index contributed by atoms with van der Waals surface area (Å²) in [6, 6.07) is 9.78. The lowest BCUT2D eigenvalue weighted by Gasteiger charge is -2.29. The molecule has 14 nitrogen and oxygen atoms in total. The summed E-state index contributed by atoms with van der Waals surface area (Å²) in [5.41, 5.74) is 3.38. The molecule has 0 bridgehead atoms. The number of nitrogens with one attached hydrogen (secondary N) is 2. The number of ether oxygens (including phenoxy) is 2. The summed E-state index contributed by atoms with van der Waals surface area (Å²) in [6.07, 6.45) is 0.679. The number of terminal acetylenes is 1. The van der Waals surface area contributed by atoms with Crippen molar-refractivity contribution in [3.05, 3.63) is 58.5 Å². The molecule has 214 valence electrons. The topological polar surface area (TPSA) is 200 Å². The number of aromatic nitrogens is 3. The average Bonchev–Trinajstić information content (AvgIpc) is 3.42. The van der Waals surface area contributed by atoms with E-state index in [0.717, 1.165) is 4.52 Å². The number of hydrogen-bond acceptors (Lipinski definition) is 11. The van der Waals surface area contributed by atoms with Crippen LogP contribution >= 0.6 is 7.75 Å². The van der Waals surface area contributed by atoms with Crippen LogP contribution in [0.1, 0.15) is 32.6 Å². The number of para-hydroxylation sites is 1. The highest BCUT2D eigenvalue weighted by Gasteiger charge is 2.56. The smallest absolute Gasteiger partial charge is 0.459 e. The average molecular weight is 576 g/mol. The Kier molecular flexibility index (Phi) is 8.36. The number of benzene rings is 1. The molecule has 3 aromatic rings. The van der Waals surface area contributed by atoms with E-state index in [1.807, 2.05) is 0 Å². The van der Waals surface area contributed by atoms with Crippen LogP contribution in [0, 0.1) is 12.3 Å². The van der Waals surface area contributed by atoms with Gasteiger partial charge in [-0.3, -0.25) is 19.1 Å². The zero-order valence-corrected chi connectivity index (χ0v) is 22.8. The van der Waals surface area contributed by atoms with E-state index >= 15 is 0 Å². The van der Waals surface area contributed by atoms with Gasteiger partial charge in [-0.1, -0.05) is 24.1 Å². The molecule has 1 unspecified atom stereocenters. The van der Waals surface area contributed by atoms with Gasteiger partial charge in [-0.25, -0.2) is 9.08 Å². The van der Waals surface area contributed by atoms with Crippen molar-refractivity contribution >= 4 is 25.2 Å². The van der Waals surface area contributed by atoms with E-state index in [1.54, 1.807) is 32.0 Å². The molecule has 6 atom stereocenters. The summed E-state index contributed by atoms with van der Waals surface area (Å²) < 4.78 is 37.3. The van der Waals surface area contributed by atoms with Gasteiger partial charge in [-0.05, 0) is 45.0 Å². The van der Waals surface area contributed by atoms with Crippen LogP contribution in [0.2, 0.25) is 0 Å². The number of hydrogen-bond donors (Lipinski definition) is 5. The second-order valence-electron chi connectivity index (χ2n) is 9.41. The number of carbonyl (C=O) groups excluding carboxylic acids is 1. The Balaban J connectivity index is 1.61. The second kappa shape index (κ2) is 11.4. The van der Waals surface area contributed by atoms with Crippen molar-refractivity contribution in [1.29, 1.82) is 0 Å². The zero-order chi connectivity index (χ0) is 29.2. The van der Waals surface area contributed by atoms with E-state index in [9.17, 15) is 24.4 Å². The van der Waals surface area contributed by atoms with Crippen LogP contribution < -0.4 is 20.9 Å². The highest BCUT2D eigenvalue weighted by atomic mass is 31.2. The number of anilines is 1. The van der Waals surface area contributed by atoms with Crippen molar-refractivity contribution in [1.82, 2.24) is 19.7 Å². The van der Waals surface area contributed by atoms with Crippen molar-refractivity contribution in [2.45, 2.75) is 56.8 Å². The maximum absolute atomic E-state index is 13.8. The van der Waals surface area contributed by atoms with Crippen LogP contribution in [-0.2, 0) is 23.4 Å². The van der Waals surface area contributed by atoms with Gasteiger partial charge >= 0.3 is 13.7 Å². The number of nitrogens with two attached hydrogens (primary N) is 1. The van der Waals surface area contributed by atoms with Crippen LogP contribution in [0.25, 0.3) is 5.52 Å². The maximum Gasteiger partial charge on any atom is 0.459 e. The third kappa shape index (κ3) is 5.90. The minimum Gasteiger partial charge on any atom is -0.462 e. The first-order chi connectivity index (χ1) is 18.9. The quantitative estimate of drug-likeness (QED) is 0.130. The monoisotopic (exact) mass is 575 g/mol. The van der Waals surface area contributed by atoms with Gasteiger partial charge in [-0.2, -0.15) is 5.09 Å². The van der Waals surface area contributed by atoms with Gasteiger partial charge in [0.25, 0.3) is 5.56 Å². The van der Waals surface area contributed by atoms with Gasteiger partial charge < -0.3 is 29.9 Å². The SMILES string of the molecule is C#C[C@]1(CO[P@@](=O)(N[C@@H](C)C(=O)OC(C)C)Oc2ccccc2)O[C@@H](c2ccc3c(=O)[nH]c(N)nn23)[C@@H](O)C1O. The number of aliphatic hydroxyl groups excluding tert-OH is 2. The predicted molar refractivity (Wildman–Crippen MR) is 142 cm³/mol. The molecule has 1 fully saturated rings. The summed E-state index contributed by atoms with van der Waals surface area (Å²) in [4.78, 5) is 27.0. The Bertz CT molecular complexity index is 1520. The number of aliphatic hydroxyl groups is 2. The van der Waals surface area contributed by atoms with Crippen molar-refractivity contribution < 1.29 is 38.1 Å². The fraction of sp³-hybridized carbons (Fsp3) is 0.400. The summed E-state index contributed by atoms with van der Waals surface area (Å²) >= 11 is 0. The minimum absolute atomic E-state index is 0.108. The fourth-order valence-corrected chi connectivity index (χ4v) is 5.62. The normalized spacial score (nSPS) is 24.9. The maximum atomic E-state index is 13.8. The first-order valence-corrected chi connectivity index (χ1v) is 13.8. The van der Waals surface area contributed by atoms with E-state index in [1.165, 1.54) is 31.2 Å². The highest BCUT2D eigenvalue weighted by Crippen LogP contribution is 2.48. The molecule has 0 radical (unpaired) electrons. The number of rotatable bonds is 10. The Morgan fingerprint density at radius 2 is 2.00 bits per heavy atom. The molecule has 2 aromatic heterocycles. The third-order valence-electron chi connectivity index (χ3n) is 6.03. The zero-order valence-electron chi connectivity index (χ0n) is 21.9. The fourth-order valence-electron chi connectivity index (χ4n) is 4.09. The van der Waals surface area contributed by atoms with Gasteiger partial charge in [-0.15, -0.1) is 11.5 Å². The first-order valence-electron chi connectivity index (χ1n) is 12.2. The Morgan fingerprint density at radius 1 is 1.30 bits per heavy atom. The first kappa shape index (κ1) is 29.3. The summed E-state index contributed by atoms with van der Waals surface area (Å²) in [5.74, 6) is 1.53. The largest absolute Gasteiger partial charge is 0.462 e. The van der Waals surface area contributed by atoms with Crippen LogP contribution in [0.5, 0.6) is 5.75 Å². The van der Waals surface area contributed by atoms with Gasteiger partial charge in [0.1, 0.15) is 42.2 Å². The van der Waals surface area contributed by atoms with Crippen LogP contribution in [0.15, 0.2) is 47.3 Å². The van der Waals surface area contributed by atoms with E-state index < -0.39 is 61.9 Å². The Morgan fingerprint density at radius 3 is 2.65 bits per heavy atom. The number of aromatic amines is 1. The molecule has 1 saturated heterocycles. The lowest BCUT2D eigenvalue weighted by atomic mass is 9.96. The van der Waals surface area contributed by atoms with Crippen molar-refractivity contribution in [3.8, 4) is 18.1 Å². The molecule has 3 heterocycles. The molecular formula is C25H30N5O9P. The molecule has 0 aliphatic carbocycles. The Hall–Kier alpha value is -3.70. The minimum atomic E-state index is -4.38. The molecule has 4 rings (SSSR count). The van der Waals surface area contributed by atoms with Gasteiger partial charge in [0.05, 0.1) is 11.8 Å². The molecule has 1 aliphatic rings. The third-order valence-corrected chi connectivity index (χ3v) is 7.65. The summed E-state index contributed by atoms with van der Waals surface area (Å²) in [6.45, 7) is 3.99. The molecular weight excluding hydrogens is 545 g/mol. The summed E-state index contributed by atoms with van der Waals surface area (Å²) in [7, 11) is -4.38. The van der Waals surface area contributed by atoms with Crippen molar-refractivity contribution in [2.75, 3.05) is 12.3 Å². The van der Waals surface area contributed by atoms with Crippen molar-refractivity contribution in [2.24, 2.45) is 0 Å². The van der Waals surface area contributed by atoms with Gasteiger partial charge in [0, 0.05) is 0 Å². The molecule has 1 aliphatic heterocycles. The lowest BCUT2D eigenvalue weighted by Crippen LogP contribution is -2.46. The molecule has 15 heteroatoms. The number of H-pyrrole nitrogens is 1.